The standard InChI is InChI=1S/C20H17BrN2OS/c1-24-17-10-4-14(5-11-17)18-13-19(20-3-2-12-25-20)23(22-18)16-8-6-15(21)7-9-16/h2-12,19H,13H2,1H3/t19-/m0/s1. The Morgan fingerprint density at radius 3 is 2.48 bits per heavy atom. The van der Waals surface area contributed by atoms with E-state index < -0.39 is 0 Å². The second-order valence-electron chi connectivity index (χ2n) is 5.83. The molecule has 3 aromatic rings. The second kappa shape index (κ2) is 7.02. The molecule has 4 rings (SSSR count). The fourth-order valence-electron chi connectivity index (χ4n) is 3.00. The van der Waals surface area contributed by atoms with Crippen molar-refractivity contribution in [2.24, 2.45) is 5.10 Å². The third kappa shape index (κ3) is 3.34. The van der Waals surface area contributed by atoms with Gasteiger partial charge in [-0.1, -0.05) is 22.0 Å². The summed E-state index contributed by atoms with van der Waals surface area (Å²) in [6.45, 7) is 0. The van der Waals surface area contributed by atoms with Gasteiger partial charge in [0, 0.05) is 15.8 Å². The van der Waals surface area contributed by atoms with E-state index in [9.17, 15) is 0 Å². The van der Waals surface area contributed by atoms with Crippen LogP contribution in [-0.2, 0) is 0 Å². The van der Waals surface area contributed by atoms with Crippen molar-refractivity contribution in [3.63, 3.8) is 0 Å². The molecule has 0 radical (unpaired) electrons. The quantitative estimate of drug-likeness (QED) is 0.534. The minimum Gasteiger partial charge on any atom is -0.497 e. The Kier molecular flexibility index (Phi) is 4.59. The monoisotopic (exact) mass is 412 g/mol. The molecular formula is C20H17BrN2OS. The normalized spacial score (nSPS) is 16.8. The average Bonchev–Trinajstić information content (AvgIpc) is 3.32. The summed E-state index contributed by atoms with van der Waals surface area (Å²) in [5.41, 5.74) is 3.34. The number of hydrogen-bond donors (Lipinski definition) is 0. The number of methoxy groups -OCH3 is 1. The molecule has 1 aromatic heterocycles. The number of ether oxygens (including phenoxy) is 1. The van der Waals surface area contributed by atoms with E-state index in [1.54, 1.807) is 18.4 Å². The van der Waals surface area contributed by atoms with Gasteiger partial charge in [0.05, 0.1) is 24.6 Å². The van der Waals surface area contributed by atoms with Crippen LogP contribution in [0.5, 0.6) is 5.75 Å². The molecule has 0 saturated heterocycles. The Morgan fingerprint density at radius 1 is 1.08 bits per heavy atom. The van der Waals surface area contributed by atoms with Gasteiger partial charge in [0.15, 0.2) is 0 Å². The number of hydrazone groups is 1. The van der Waals surface area contributed by atoms with Crippen LogP contribution in [0.3, 0.4) is 0 Å². The molecule has 25 heavy (non-hydrogen) atoms. The van der Waals surface area contributed by atoms with Crippen LogP contribution in [0, 0.1) is 0 Å². The molecule has 1 aliphatic heterocycles. The number of anilines is 1. The lowest BCUT2D eigenvalue weighted by atomic mass is 10.0. The molecule has 0 bridgehead atoms. The Bertz CT molecular complexity index is 873. The van der Waals surface area contributed by atoms with Gasteiger partial charge in [0.25, 0.3) is 0 Å². The molecule has 1 atom stereocenters. The van der Waals surface area contributed by atoms with Crippen LogP contribution in [0.1, 0.15) is 22.9 Å². The fourth-order valence-corrected chi connectivity index (χ4v) is 4.08. The van der Waals surface area contributed by atoms with Crippen molar-refractivity contribution in [2.75, 3.05) is 12.1 Å². The number of nitrogens with zero attached hydrogens (tertiary/aromatic N) is 2. The van der Waals surface area contributed by atoms with E-state index in [2.05, 4.69) is 74.8 Å². The first-order chi connectivity index (χ1) is 12.2. The van der Waals surface area contributed by atoms with Gasteiger partial charge in [-0.05, 0) is 65.5 Å². The fraction of sp³-hybridized carbons (Fsp3) is 0.150. The molecule has 0 amide bonds. The minimum absolute atomic E-state index is 0.235. The molecule has 0 aliphatic carbocycles. The highest BCUT2D eigenvalue weighted by Gasteiger charge is 2.30. The van der Waals surface area contributed by atoms with Crippen molar-refractivity contribution in [3.8, 4) is 5.75 Å². The SMILES string of the molecule is COc1ccc(C2=NN(c3ccc(Br)cc3)[C@H](c3cccs3)C2)cc1. The van der Waals surface area contributed by atoms with Crippen LogP contribution in [0.4, 0.5) is 5.69 Å². The molecule has 0 N–H and O–H groups in total. The molecule has 126 valence electrons. The summed E-state index contributed by atoms with van der Waals surface area (Å²) in [6, 6.07) is 21.0. The van der Waals surface area contributed by atoms with Crippen molar-refractivity contribution in [1.29, 1.82) is 0 Å². The lowest BCUT2D eigenvalue weighted by Gasteiger charge is -2.22. The zero-order valence-electron chi connectivity index (χ0n) is 13.7. The summed E-state index contributed by atoms with van der Waals surface area (Å²) in [5.74, 6) is 0.863. The molecule has 0 fully saturated rings. The van der Waals surface area contributed by atoms with Gasteiger partial charge in [0.1, 0.15) is 5.75 Å². The van der Waals surface area contributed by atoms with Gasteiger partial charge in [-0.25, -0.2) is 0 Å². The van der Waals surface area contributed by atoms with Crippen LogP contribution in [-0.4, -0.2) is 12.8 Å². The van der Waals surface area contributed by atoms with Crippen molar-refractivity contribution >= 4 is 38.7 Å². The van der Waals surface area contributed by atoms with Gasteiger partial charge >= 0.3 is 0 Å². The summed E-state index contributed by atoms with van der Waals surface area (Å²) >= 11 is 5.29. The second-order valence-corrected chi connectivity index (χ2v) is 7.73. The van der Waals surface area contributed by atoms with Crippen LogP contribution >= 0.6 is 27.3 Å². The zero-order chi connectivity index (χ0) is 17.2. The van der Waals surface area contributed by atoms with E-state index in [4.69, 9.17) is 9.84 Å². The van der Waals surface area contributed by atoms with Gasteiger partial charge in [0.2, 0.25) is 0 Å². The number of halogens is 1. The Morgan fingerprint density at radius 2 is 1.84 bits per heavy atom. The summed E-state index contributed by atoms with van der Waals surface area (Å²) in [5, 5.41) is 9.21. The van der Waals surface area contributed by atoms with Gasteiger partial charge in [-0.15, -0.1) is 11.3 Å². The first-order valence-corrected chi connectivity index (χ1v) is 9.72. The van der Waals surface area contributed by atoms with E-state index in [0.717, 1.165) is 33.6 Å². The van der Waals surface area contributed by atoms with Gasteiger partial charge in [-0.3, -0.25) is 5.01 Å². The zero-order valence-corrected chi connectivity index (χ0v) is 16.1. The molecule has 0 spiro atoms. The maximum atomic E-state index is 5.26. The number of benzene rings is 2. The van der Waals surface area contributed by atoms with E-state index in [-0.39, 0.29) is 6.04 Å². The summed E-state index contributed by atoms with van der Waals surface area (Å²) in [6.07, 6.45) is 0.892. The molecule has 2 heterocycles. The highest BCUT2D eigenvalue weighted by molar-refractivity contribution is 9.10. The first-order valence-electron chi connectivity index (χ1n) is 8.05. The third-order valence-electron chi connectivity index (χ3n) is 4.30. The van der Waals surface area contributed by atoms with Crippen LogP contribution in [0.15, 0.2) is 75.6 Å². The maximum Gasteiger partial charge on any atom is 0.118 e. The Hall–Kier alpha value is -2.11. The summed E-state index contributed by atoms with van der Waals surface area (Å²) in [7, 11) is 1.68. The first kappa shape index (κ1) is 16.4. The molecule has 5 heteroatoms. The lowest BCUT2D eigenvalue weighted by Crippen LogP contribution is -2.17. The van der Waals surface area contributed by atoms with Crippen molar-refractivity contribution in [1.82, 2.24) is 0 Å². The predicted molar refractivity (Wildman–Crippen MR) is 108 cm³/mol. The topological polar surface area (TPSA) is 24.8 Å². The molecule has 2 aromatic carbocycles. The number of rotatable bonds is 4. The molecule has 3 nitrogen and oxygen atoms in total. The number of thiophene rings is 1. The maximum absolute atomic E-state index is 5.26. The molecule has 0 unspecified atom stereocenters. The highest BCUT2D eigenvalue weighted by atomic mass is 79.9. The van der Waals surface area contributed by atoms with E-state index in [1.807, 2.05) is 12.1 Å². The number of hydrogen-bond acceptors (Lipinski definition) is 4. The summed E-state index contributed by atoms with van der Waals surface area (Å²) in [4.78, 5) is 1.33. The highest BCUT2D eigenvalue weighted by Crippen LogP contribution is 2.38. The lowest BCUT2D eigenvalue weighted by molar-refractivity contribution is 0.415. The van der Waals surface area contributed by atoms with Crippen LogP contribution < -0.4 is 9.75 Å². The molecular weight excluding hydrogens is 396 g/mol. The third-order valence-corrected chi connectivity index (χ3v) is 5.80. The Balaban J connectivity index is 1.71. The van der Waals surface area contributed by atoms with E-state index in [0.29, 0.717) is 0 Å². The Labute approximate surface area is 159 Å². The van der Waals surface area contributed by atoms with E-state index >= 15 is 0 Å². The summed E-state index contributed by atoms with van der Waals surface area (Å²) < 4.78 is 6.33. The van der Waals surface area contributed by atoms with Crippen molar-refractivity contribution in [3.05, 3.63) is 81.0 Å². The van der Waals surface area contributed by atoms with Gasteiger partial charge in [-0.2, -0.15) is 5.10 Å². The van der Waals surface area contributed by atoms with Gasteiger partial charge < -0.3 is 4.74 Å². The molecule has 1 aliphatic rings. The largest absolute Gasteiger partial charge is 0.497 e. The smallest absolute Gasteiger partial charge is 0.118 e. The van der Waals surface area contributed by atoms with Crippen LogP contribution in [0.2, 0.25) is 0 Å². The predicted octanol–water partition coefficient (Wildman–Crippen LogP) is 5.87. The van der Waals surface area contributed by atoms with Crippen LogP contribution in [0.25, 0.3) is 0 Å². The average molecular weight is 413 g/mol. The minimum atomic E-state index is 0.235. The molecule has 0 saturated carbocycles. The van der Waals surface area contributed by atoms with E-state index in [1.165, 1.54) is 4.88 Å². The van der Waals surface area contributed by atoms with Crippen molar-refractivity contribution in [2.45, 2.75) is 12.5 Å². The van der Waals surface area contributed by atoms with Crippen molar-refractivity contribution < 1.29 is 4.74 Å².